The fourth-order valence-corrected chi connectivity index (χ4v) is 3.56. The van der Waals surface area contributed by atoms with Crippen LogP contribution in [0.25, 0.3) is 10.8 Å². The lowest BCUT2D eigenvalue weighted by Gasteiger charge is -2.27. The van der Waals surface area contributed by atoms with E-state index in [1.165, 1.54) is 4.68 Å². The zero-order chi connectivity index (χ0) is 16.5. The Morgan fingerprint density at radius 2 is 2.12 bits per heavy atom. The van der Waals surface area contributed by atoms with Crippen molar-refractivity contribution in [1.29, 1.82) is 0 Å². The molecular weight excluding hydrogens is 324 g/mol. The van der Waals surface area contributed by atoms with Crippen molar-refractivity contribution in [3.63, 3.8) is 0 Å². The van der Waals surface area contributed by atoms with Gasteiger partial charge in [-0.3, -0.25) is 9.69 Å². The molecule has 4 heterocycles. The topological polar surface area (TPSA) is 76.8 Å². The van der Waals surface area contributed by atoms with Crippen LogP contribution in [-0.4, -0.2) is 36.2 Å². The third kappa shape index (κ3) is 2.98. The molecule has 0 aromatic carbocycles. The minimum absolute atomic E-state index is 0.0622. The molecule has 0 fully saturated rings. The molecule has 0 N–H and O–H groups in total. The van der Waals surface area contributed by atoms with E-state index in [0.717, 1.165) is 48.0 Å². The zero-order valence-corrected chi connectivity index (χ0v) is 14.0. The summed E-state index contributed by atoms with van der Waals surface area (Å²) in [4.78, 5) is 27.2. The Morgan fingerprint density at radius 1 is 1.29 bits per heavy atom. The molecule has 0 spiro atoms. The van der Waals surface area contributed by atoms with E-state index in [9.17, 15) is 4.79 Å². The standard InChI is InChI=1S/C16H16N6OS/c1-21-14(23)7-11-8-22(6-3-13(11)20-21)9-12-10-24-16(19-12)15-17-4-2-5-18-15/h2,4-5,7,10H,3,6,8-9H2,1H3. The lowest BCUT2D eigenvalue weighted by atomic mass is 10.1. The molecule has 0 amide bonds. The normalized spacial score (nSPS) is 14.5. The molecule has 1 aliphatic heterocycles. The van der Waals surface area contributed by atoms with Gasteiger partial charge in [-0.05, 0) is 11.6 Å². The summed E-state index contributed by atoms with van der Waals surface area (Å²) in [5.41, 5.74) is 2.98. The largest absolute Gasteiger partial charge is 0.293 e. The van der Waals surface area contributed by atoms with Crippen LogP contribution in [0.1, 0.15) is 17.0 Å². The van der Waals surface area contributed by atoms with E-state index in [-0.39, 0.29) is 5.56 Å². The lowest BCUT2D eigenvalue weighted by Crippen LogP contribution is -2.34. The molecule has 0 aliphatic carbocycles. The molecule has 1 aliphatic rings. The van der Waals surface area contributed by atoms with Crippen LogP contribution in [0, 0.1) is 0 Å². The highest BCUT2D eigenvalue weighted by Gasteiger charge is 2.20. The summed E-state index contributed by atoms with van der Waals surface area (Å²) in [6.07, 6.45) is 4.29. The van der Waals surface area contributed by atoms with Crippen molar-refractivity contribution in [1.82, 2.24) is 29.6 Å². The maximum atomic E-state index is 11.8. The molecule has 7 nitrogen and oxygen atoms in total. The predicted molar refractivity (Wildman–Crippen MR) is 90.4 cm³/mol. The number of aromatic nitrogens is 5. The summed E-state index contributed by atoms with van der Waals surface area (Å²) < 4.78 is 1.40. The smallest absolute Gasteiger partial charge is 0.266 e. The van der Waals surface area contributed by atoms with Crippen LogP contribution < -0.4 is 5.56 Å². The van der Waals surface area contributed by atoms with Crippen molar-refractivity contribution in [3.05, 3.63) is 57.2 Å². The number of thiazole rings is 1. The molecule has 3 aromatic rings. The molecule has 0 saturated carbocycles. The van der Waals surface area contributed by atoms with E-state index >= 15 is 0 Å². The van der Waals surface area contributed by atoms with Crippen molar-refractivity contribution < 1.29 is 0 Å². The molecule has 0 unspecified atom stereocenters. The van der Waals surface area contributed by atoms with Gasteiger partial charge in [0.15, 0.2) is 10.8 Å². The second-order valence-corrected chi connectivity index (χ2v) is 6.61. The van der Waals surface area contributed by atoms with E-state index in [4.69, 9.17) is 0 Å². The molecule has 0 bridgehead atoms. The molecule has 0 saturated heterocycles. The fraction of sp³-hybridized carbons (Fsp3) is 0.312. The SMILES string of the molecule is Cn1nc2c(cc1=O)CN(Cc1csc(-c3ncccn3)n1)CC2. The van der Waals surface area contributed by atoms with E-state index in [0.29, 0.717) is 5.82 Å². The summed E-state index contributed by atoms with van der Waals surface area (Å²) in [6.45, 7) is 2.39. The first-order chi connectivity index (χ1) is 11.7. The number of nitrogens with zero attached hydrogens (tertiary/aromatic N) is 6. The van der Waals surface area contributed by atoms with Gasteiger partial charge in [-0.25, -0.2) is 19.6 Å². The first-order valence-corrected chi connectivity index (χ1v) is 8.57. The fourth-order valence-electron chi connectivity index (χ4n) is 2.81. The predicted octanol–water partition coefficient (Wildman–Crippen LogP) is 1.25. The minimum Gasteiger partial charge on any atom is -0.293 e. The van der Waals surface area contributed by atoms with Gasteiger partial charge in [0.25, 0.3) is 5.56 Å². The molecule has 3 aromatic heterocycles. The first kappa shape index (κ1) is 15.1. The van der Waals surface area contributed by atoms with Crippen molar-refractivity contribution in [2.24, 2.45) is 7.05 Å². The van der Waals surface area contributed by atoms with Crippen LogP contribution in [0.4, 0.5) is 0 Å². The highest BCUT2D eigenvalue weighted by molar-refractivity contribution is 7.13. The van der Waals surface area contributed by atoms with Crippen molar-refractivity contribution in [2.45, 2.75) is 19.5 Å². The Bertz CT molecular complexity index is 920. The number of fused-ring (bicyclic) bond motifs is 1. The maximum Gasteiger partial charge on any atom is 0.266 e. The summed E-state index contributed by atoms with van der Waals surface area (Å²) in [6, 6.07) is 3.49. The van der Waals surface area contributed by atoms with Gasteiger partial charge in [-0.1, -0.05) is 0 Å². The Balaban J connectivity index is 1.50. The summed E-state index contributed by atoms with van der Waals surface area (Å²) in [7, 11) is 1.69. The molecule has 8 heteroatoms. The average Bonchev–Trinajstić information content (AvgIpc) is 3.05. The quantitative estimate of drug-likeness (QED) is 0.714. The Hall–Kier alpha value is -2.45. The first-order valence-electron chi connectivity index (χ1n) is 7.69. The van der Waals surface area contributed by atoms with Crippen LogP contribution in [0.15, 0.2) is 34.7 Å². The third-order valence-corrected chi connectivity index (χ3v) is 4.90. The van der Waals surface area contributed by atoms with Crippen molar-refractivity contribution >= 4 is 11.3 Å². The molecule has 122 valence electrons. The molecule has 4 rings (SSSR count). The second kappa shape index (κ2) is 6.21. The lowest BCUT2D eigenvalue weighted by molar-refractivity contribution is 0.239. The number of rotatable bonds is 3. The van der Waals surface area contributed by atoms with Crippen molar-refractivity contribution in [2.75, 3.05) is 6.54 Å². The van der Waals surface area contributed by atoms with Crippen LogP contribution in [-0.2, 0) is 26.6 Å². The van der Waals surface area contributed by atoms with Gasteiger partial charge >= 0.3 is 0 Å². The molecular formula is C16H16N6OS. The Morgan fingerprint density at radius 3 is 2.96 bits per heavy atom. The van der Waals surface area contributed by atoms with Gasteiger partial charge in [0.2, 0.25) is 0 Å². The summed E-state index contributed by atoms with van der Waals surface area (Å²) in [5.74, 6) is 0.658. The van der Waals surface area contributed by atoms with Gasteiger partial charge in [-0.2, -0.15) is 5.10 Å². The van der Waals surface area contributed by atoms with Gasteiger partial charge in [0, 0.05) is 56.9 Å². The minimum atomic E-state index is -0.0622. The van der Waals surface area contributed by atoms with E-state index in [1.54, 1.807) is 42.9 Å². The Kier molecular flexibility index (Phi) is 3.91. The maximum absolute atomic E-state index is 11.8. The Labute approximate surface area is 142 Å². The van der Waals surface area contributed by atoms with Gasteiger partial charge in [0.1, 0.15) is 0 Å². The van der Waals surface area contributed by atoms with E-state index < -0.39 is 0 Å². The van der Waals surface area contributed by atoms with Crippen LogP contribution >= 0.6 is 11.3 Å². The summed E-state index contributed by atoms with van der Waals surface area (Å²) >= 11 is 1.55. The van der Waals surface area contributed by atoms with Crippen molar-refractivity contribution in [3.8, 4) is 10.8 Å². The van der Waals surface area contributed by atoms with Gasteiger partial charge < -0.3 is 0 Å². The highest BCUT2D eigenvalue weighted by Crippen LogP contribution is 2.22. The number of hydrogen-bond acceptors (Lipinski definition) is 7. The van der Waals surface area contributed by atoms with Crippen LogP contribution in [0.3, 0.4) is 0 Å². The van der Waals surface area contributed by atoms with Gasteiger partial charge in [0.05, 0.1) is 11.4 Å². The second-order valence-electron chi connectivity index (χ2n) is 5.76. The zero-order valence-electron chi connectivity index (χ0n) is 13.2. The average molecular weight is 340 g/mol. The molecule has 0 radical (unpaired) electrons. The number of hydrogen-bond donors (Lipinski definition) is 0. The van der Waals surface area contributed by atoms with E-state index in [2.05, 4.69) is 25.0 Å². The van der Waals surface area contributed by atoms with E-state index in [1.807, 2.05) is 5.38 Å². The summed E-state index contributed by atoms with van der Waals surface area (Å²) in [5, 5.41) is 7.22. The molecule has 0 atom stereocenters. The monoisotopic (exact) mass is 340 g/mol. The number of aryl methyl sites for hydroxylation is 1. The van der Waals surface area contributed by atoms with Crippen LogP contribution in [0.2, 0.25) is 0 Å². The highest BCUT2D eigenvalue weighted by atomic mass is 32.1. The van der Waals surface area contributed by atoms with Gasteiger partial charge in [-0.15, -0.1) is 11.3 Å². The van der Waals surface area contributed by atoms with Crippen LogP contribution in [0.5, 0.6) is 0 Å². The molecule has 24 heavy (non-hydrogen) atoms. The third-order valence-electron chi connectivity index (χ3n) is 4.01.